The molecule has 0 spiro atoms. The molecule has 1 unspecified atom stereocenters. The Morgan fingerprint density at radius 2 is 1.93 bits per heavy atom. The van der Waals surface area contributed by atoms with Crippen LogP contribution >= 0.6 is 0 Å². The van der Waals surface area contributed by atoms with Crippen LogP contribution in [0.3, 0.4) is 0 Å². The van der Waals surface area contributed by atoms with Crippen molar-refractivity contribution < 1.29 is 0 Å². The molecule has 0 fully saturated rings. The van der Waals surface area contributed by atoms with E-state index in [9.17, 15) is 0 Å². The maximum absolute atomic E-state index is 6.04. The van der Waals surface area contributed by atoms with E-state index in [0.29, 0.717) is 0 Å². The number of rotatable bonds is 6. The first-order chi connectivity index (χ1) is 6.84. The molecule has 0 radical (unpaired) electrons. The summed E-state index contributed by atoms with van der Waals surface area (Å²) in [6, 6.07) is 10.4. The maximum atomic E-state index is 6.04. The van der Waals surface area contributed by atoms with Gasteiger partial charge in [0.2, 0.25) is 0 Å². The van der Waals surface area contributed by atoms with E-state index in [4.69, 9.17) is 5.73 Å². The molecule has 0 amide bonds. The Bertz CT molecular complexity index is 233. The lowest BCUT2D eigenvalue weighted by atomic mass is 10.1. The number of nitrogens with two attached hydrogens (primary N) is 1. The van der Waals surface area contributed by atoms with E-state index in [1.54, 1.807) is 0 Å². The van der Waals surface area contributed by atoms with Gasteiger partial charge in [0.25, 0.3) is 0 Å². The first-order valence-electron chi connectivity index (χ1n) is 5.36. The average Bonchev–Trinajstić information content (AvgIpc) is 2.25. The Morgan fingerprint density at radius 3 is 2.57 bits per heavy atom. The van der Waals surface area contributed by atoms with Gasteiger partial charge in [-0.15, -0.1) is 0 Å². The Balaban J connectivity index is 2.25. The van der Waals surface area contributed by atoms with Crippen molar-refractivity contribution in [2.75, 3.05) is 13.1 Å². The van der Waals surface area contributed by atoms with Crippen LogP contribution in [0.2, 0.25) is 0 Å². The number of benzene rings is 1. The first-order valence-corrected chi connectivity index (χ1v) is 5.36. The topological polar surface area (TPSA) is 38.0 Å². The molecule has 1 aromatic carbocycles. The molecule has 0 bridgehead atoms. The monoisotopic (exact) mass is 192 g/mol. The number of hydrogen-bond acceptors (Lipinski definition) is 2. The van der Waals surface area contributed by atoms with E-state index in [1.807, 2.05) is 18.2 Å². The molecule has 1 aromatic rings. The SMILES string of the molecule is CCCNCCC(N)c1ccccc1. The summed E-state index contributed by atoms with van der Waals surface area (Å²) in [5.41, 5.74) is 7.26. The van der Waals surface area contributed by atoms with Gasteiger partial charge in [-0.25, -0.2) is 0 Å². The second-order valence-corrected chi connectivity index (χ2v) is 3.56. The van der Waals surface area contributed by atoms with Gasteiger partial charge in [-0.1, -0.05) is 37.3 Å². The lowest BCUT2D eigenvalue weighted by molar-refractivity contribution is 0.577. The molecule has 0 saturated carbocycles. The molecule has 78 valence electrons. The van der Waals surface area contributed by atoms with Gasteiger partial charge in [-0.3, -0.25) is 0 Å². The molecule has 0 saturated heterocycles. The molecular weight excluding hydrogens is 172 g/mol. The van der Waals surface area contributed by atoms with Crippen molar-refractivity contribution >= 4 is 0 Å². The Kier molecular flexibility index (Phi) is 5.27. The largest absolute Gasteiger partial charge is 0.324 e. The molecule has 0 heterocycles. The van der Waals surface area contributed by atoms with Gasteiger partial charge in [0.05, 0.1) is 0 Å². The average molecular weight is 192 g/mol. The molecule has 2 nitrogen and oxygen atoms in total. The van der Waals surface area contributed by atoms with Crippen molar-refractivity contribution in [3.63, 3.8) is 0 Å². The van der Waals surface area contributed by atoms with Crippen LogP contribution in [0.4, 0.5) is 0 Å². The van der Waals surface area contributed by atoms with Gasteiger partial charge < -0.3 is 11.1 Å². The van der Waals surface area contributed by atoms with Crippen LogP contribution < -0.4 is 11.1 Å². The molecule has 0 aliphatic rings. The summed E-state index contributed by atoms with van der Waals surface area (Å²) in [6.45, 7) is 4.26. The predicted molar refractivity (Wildman–Crippen MR) is 61.1 cm³/mol. The summed E-state index contributed by atoms with van der Waals surface area (Å²) < 4.78 is 0. The van der Waals surface area contributed by atoms with Crippen molar-refractivity contribution in [1.82, 2.24) is 5.32 Å². The summed E-state index contributed by atoms with van der Waals surface area (Å²) in [6.07, 6.45) is 2.19. The van der Waals surface area contributed by atoms with Crippen LogP contribution in [0.25, 0.3) is 0 Å². The Labute approximate surface area is 86.5 Å². The highest BCUT2D eigenvalue weighted by Gasteiger charge is 2.03. The molecule has 0 aromatic heterocycles. The minimum Gasteiger partial charge on any atom is -0.324 e. The minimum atomic E-state index is 0.167. The summed E-state index contributed by atoms with van der Waals surface area (Å²) in [7, 11) is 0. The van der Waals surface area contributed by atoms with E-state index in [0.717, 1.165) is 19.5 Å². The summed E-state index contributed by atoms with van der Waals surface area (Å²) >= 11 is 0. The quantitative estimate of drug-likeness (QED) is 0.677. The zero-order chi connectivity index (χ0) is 10.2. The summed E-state index contributed by atoms with van der Waals surface area (Å²) in [5, 5.41) is 3.36. The number of hydrogen-bond donors (Lipinski definition) is 2. The third-order valence-corrected chi connectivity index (χ3v) is 2.29. The highest BCUT2D eigenvalue weighted by Crippen LogP contribution is 2.11. The fraction of sp³-hybridized carbons (Fsp3) is 0.500. The second kappa shape index (κ2) is 6.57. The van der Waals surface area contributed by atoms with Gasteiger partial charge >= 0.3 is 0 Å². The molecule has 2 heteroatoms. The van der Waals surface area contributed by atoms with Crippen molar-refractivity contribution in [3.05, 3.63) is 35.9 Å². The van der Waals surface area contributed by atoms with Gasteiger partial charge in [0.1, 0.15) is 0 Å². The Morgan fingerprint density at radius 1 is 1.21 bits per heavy atom. The van der Waals surface area contributed by atoms with Crippen LogP contribution in [0, 0.1) is 0 Å². The number of nitrogens with one attached hydrogen (secondary N) is 1. The summed E-state index contributed by atoms with van der Waals surface area (Å²) in [5.74, 6) is 0. The molecule has 14 heavy (non-hydrogen) atoms. The molecule has 0 aliphatic heterocycles. The summed E-state index contributed by atoms with van der Waals surface area (Å²) in [4.78, 5) is 0. The molecular formula is C12H20N2. The van der Waals surface area contributed by atoms with Crippen molar-refractivity contribution in [2.24, 2.45) is 5.73 Å². The van der Waals surface area contributed by atoms with Crippen LogP contribution in [0.1, 0.15) is 31.4 Å². The van der Waals surface area contributed by atoms with E-state index in [-0.39, 0.29) is 6.04 Å². The molecule has 0 aliphatic carbocycles. The van der Waals surface area contributed by atoms with E-state index >= 15 is 0 Å². The van der Waals surface area contributed by atoms with Crippen LogP contribution in [0.15, 0.2) is 30.3 Å². The molecule has 1 rings (SSSR count). The van der Waals surface area contributed by atoms with Crippen molar-refractivity contribution in [1.29, 1.82) is 0 Å². The zero-order valence-electron chi connectivity index (χ0n) is 8.87. The van der Waals surface area contributed by atoms with Crippen molar-refractivity contribution in [3.8, 4) is 0 Å². The van der Waals surface area contributed by atoms with Crippen LogP contribution in [0.5, 0.6) is 0 Å². The van der Waals surface area contributed by atoms with E-state index < -0.39 is 0 Å². The van der Waals surface area contributed by atoms with Crippen LogP contribution in [-0.4, -0.2) is 13.1 Å². The lowest BCUT2D eigenvalue weighted by Crippen LogP contribution is -2.21. The van der Waals surface area contributed by atoms with Gasteiger partial charge in [0.15, 0.2) is 0 Å². The fourth-order valence-corrected chi connectivity index (χ4v) is 1.43. The second-order valence-electron chi connectivity index (χ2n) is 3.56. The lowest BCUT2D eigenvalue weighted by Gasteiger charge is -2.11. The third-order valence-electron chi connectivity index (χ3n) is 2.29. The highest BCUT2D eigenvalue weighted by molar-refractivity contribution is 5.18. The van der Waals surface area contributed by atoms with E-state index in [2.05, 4.69) is 24.4 Å². The standard InChI is InChI=1S/C12H20N2/c1-2-9-14-10-8-12(13)11-6-4-3-5-7-11/h3-7,12,14H,2,8-10,13H2,1H3. The van der Waals surface area contributed by atoms with Gasteiger partial charge in [-0.05, 0) is 31.5 Å². The smallest absolute Gasteiger partial charge is 0.0306 e. The van der Waals surface area contributed by atoms with Gasteiger partial charge in [-0.2, -0.15) is 0 Å². The predicted octanol–water partition coefficient (Wildman–Crippen LogP) is 2.08. The molecule has 1 atom stereocenters. The Hall–Kier alpha value is -0.860. The molecule has 3 N–H and O–H groups in total. The maximum Gasteiger partial charge on any atom is 0.0306 e. The normalized spacial score (nSPS) is 12.7. The zero-order valence-corrected chi connectivity index (χ0v) is 8.87. The van der Waals surface area contributed by atoms with E-state index in [1.165, 1.54) is 12.0 Å². The minimum absolute atomic E-state index is 0.167. The third kappa shape index (κ3) is 3.90. The first kappa shape index (κ1) is 11.2. The van der Waals surface area contributed by atoms with Crippen molar-refractivity contribution in [2.45, 2.75) is 25.8 Å². The highest BCUT2D eigenvalue weighted by atomic mass is 14.8. The fourth-order valence-electron chi connectivity index (χ4n) is 1.43. The van der Waals surface area contributed by atoms with Crippen LogP contribution in [-0.2, 0) is 0 Å². The van der Waals surface area contributed by atoms with Gasteiger partial charge in [0, 0.05) is 6.04 Å².